The number of hydrogen-bond donors (Lipinski definition) is 0. The zero-order valence-electron chi connectivity index (χ0n) is 18.1. The quantitative estimate of drug-likeness (QED) is 0.194. The van der Waals surface area contributed by atoms with E-state index in [9.17, 15) is 0 Å². The number of hydrogen-bond acceptors (Lipinski definition) is 0. The minimum Gasteiger partial charge on any atom is -0.294 e. The van der Waals surface area contributed by atoms with Gasteiger partial charge in [-0.1, -0.05) is 96.3 Å². The maximum Gasteiger partial charge on any atom is 0.132 e. The first-order valence-corrected chi connectivity index (χ1v) is 11.6. The van der Waals surface area contributed by atoms with Crippen LogP contribution in [0.25, 0.3) is 0 Å². The molecule has 1 aromatic carbocycles. The fourth-order valence-corrected chi connectivity index (χ4v) is 3.99. The van der Waals surface area contributed by atoms with Gasteiger partial charge < -0.3 is 0 Å². The molecule has 1 rings (SSSR count). The summed E-state index contributed by atoms with van der Waals surface area (Å²) in [7, 11) is 2.46. The predicted octanol–water partition coefficient (Wildman–Crippen LogP) is 8.12. The monoisotopic (exact) mass is 360 g/mol. The summed E-state index contributed by atoms with van der Waals surface area (Å²) in [5.41, 5.74) is 1.50. The number of nitrogens with zero attached hydrogens (tertiary/aromatic N) is 1. The van der Waals surface area contributed by atoms with E-state index in [-0.39, 0.29) is 0 Å². The Balaban J connectivity index is 2.35. The van der Waals surface area contributed by atoms with E-state index < -0.39 is 0 Å². The van der Waals surface area contributed by atoms with Crippen LogP contribution in [0.2, 0.25) is 0 Å². The van der Waals surface area contributed by atoms with E-state index in [0.29, 0.717) is 0 Å². The first-order valence-electron chi connectivity index (χ1n) is 11.6. The van der Waals surface area contributed by atoms with Gasteiger partial charge in [0, 0.05) is 0 Å². The van der Waals surface area contributed by atoms with Crippen molar-refractivity contribution >= 4 is 5.69 Å². The molecule has 1 nitrogen and oxygen atoms in total. The topological polar surface area (TPSA) is 0 Å². The van der Waals surface area contributed by atoms with Gasteiger partial charge in [-0.05, 0) is 37.8 Å². The van der Waals surface area contributed by atoms with Crippen LogP contribution in [0.1, 0.15) is 104 Å². The zero-order valence-corrected chi connectivity index (χ0v) is 18.1. The Kier molecular flexibility index (Phi) is 13.6. The molecule has 26 heavy (non-hydrogen) atoms. The molecule has 0 saturated carbocycles. The van der Waals surface area contributed by atoms with Gasteiger partial charge in [0.05, 0.1) is 20.1 Å². The van der Waals surface area contributed by atoms with Crippen LogP contribution in [0.15, 0.2) is 30.3 Å². The summed E-state index contributed by atoms with van der Waals surface area (Å²) in [6, 6.07) is 11.2. The van der Waals surface area contributed by atoms with Crippen molar-refractivity contribution in [1.82, 2.24) is 4.48 Å². The van der Waals surface area contributed by atoms with E-state index in [1.54, 1.807) is 0 Å². The molecule has 0 saturated heterocycles. The smallest absolute Gasteiger partial charge is 0.132 e. The van der Waals surface area contributed by atoms with Crippen molar-refractivity contribution in [2.45, 2.75) is 104 Å². The summed E-state index contributed by atoms with van der Waals surface area (Å²) in [5.74, 6) is 0. The van der Waals surface area contributed by atoms with E-state index in [4.69, 9.17) is 0 Å². The van der Waals surface area contributed by atoms with E-state index in [1.165, 1.54) is 109 Å². The van der Waals surface area contributed by atoms with Gasteiger partial charge in [0.1, 0.15) is 5.69 Å². The molecule has 0 amide bonds. The summed E-state index contributed by atoms with van der Waals surface area (Å²) in [5, 5.41) is 0. The minimum atomic E-state index is 1.13. The Hall–Kier alpha value is -0.820. The Morgan fingerprint density at radius 3 is 1.35 bits per heavy atom. The molecule has 0 aliphatic rings. The lowest BCUT2D eigenvalue weighted by Gasteiger charge is -2.34. The molecule has 0 N–H and O–H groups in total. The second kappa shape index (κ2) is 15.3. The average Bonchev–Trinajstić information content (AvgIpc) is 2.67. The SMILES string of the molecule is CCCCCCCCC[N+](C)(CCCCCCCCC)c1ccccc1. The highest BCUT2D eigenvalue weighted by molar-refractivity contribution is 5.41. The third kappa shape index (κ3) is 10.4. The summed E-state index contributed by atoms with van der Waals surface area (Å²) in [6.07, 6.45) is 19.6. The molecule has 0 unspecified atom stereocenters. The molecule has 0 aromatic heterocycles. The van der Waals surface area contributed by atoms with E-state index in [1.807, 2.05) is 0 Å². The fourth-order valence-electron chi connectivity index (χ4n) is 3.99. The molecule has 150 valence electrons. The third-order valence-electron chi connectivity index (χ3n) is 5.89. The molecule has 0 spiro atoms. The Labute approximate surface area is 164 Å². The second-order valence-corrected chi connectivity index (χ2v) is 8.42. The fraction of sp³-hybridized carbons (Fsp3) is 0.760. The summed E-state index contributed by atoms with van der Waals surface area (Å²) < 4.78 is 1.13. The largest absolute Gasteiger partial charge is 0.294 e. The first kappa shape index (κ1) is 23.2. The van der Waals surface area contributed by atoms with Crippen molar-refractivity contribution in [3.63, 3.8) is 0 Å². The van der Waals surface area contributed by atoms with Gasteiger partial charge in [0.25, 0.3) is 0 Å². The van der Waals surface area contributed by atoms with E-state index in [0.717, 1.165) is 4.48 Å². The van der Waals surface area contributed by atoms with Crippen LogP contribution in [0.3, 0.4) is 0 Å². The molecule has 1 heteroatoms. The Morgan fingerprint density at radius 2 is 0.923 bits per heavy atom. The van der Waals surface area contributed by atoms with Gasteiger partial charge in [-0.2, -0.15) is 0 Å². The lowest BCUT2D eigenvalue weighted by atomic mass is 10.1. The standard InChI is InChI=1S/C25H46N/c1-4-6-8-10-12-14-19-23-26(3,25-21-17-16-18-22-25)24-20-15-13-11-9-7-5-2/h16-18,21-22H,4-15,19-20,23-24H2,1-3H3/q+1. The summed E-state index contributed by atoms with van der Waals surface area (Å²) in [6.45, 7) is 7.19. The molecule has 0 atom stereocenters. The van der Waals surface area contributed by atoms with Crippen LogP contribution >= 0.6 is 0 Å². The van der Waals surface area contributed by atoms with Crippen LogP contribution < -0.4 is 4.48 Å². The van der Waals surface area contributed by atoms with Gasteiger partial charge in [0.15, 0.2) is 0 Å². The van der Waals surface area contributed by atoms with Crippen molar-refractivity contribution in [3.8, 4) is 0 Å². The number of para-hydroxylation sites is 1. The summed E-state index contributed by atoms with van der Waals surface area (Å²) in [4.78, 5) is 0. The Morgan fingerprint density at radius 1 is 0.538 bits per heavy atom. The first-order chi connectivity index (χ1) is 12.7. The molecular weight excluding hydrogens is 314 g/mol. The van der Waals surface area contributed by atoms with Gasteiger partial charge in [-0.15, -0.1) is 0 Å². The van der Waals surface area contributed by atoms with Crippen molar-refractivity contribution in [3.05, 3.63) is 30.3 Å². The number of quaternary nitrogens is 1. The highest BCUT2D eigenvalue weighted by atomic mass is 15.3. The highest BCUT2D eigenvalue weighted by Gasteiger charge is 2.23. The van der Waals surface area contributed by atoms with Crippen LogP contribution in [0.4, 0.5) is 5.69 Å². The van der Waals surface area contributed by atoms with E-state index in [2.05, 4.69) is 51.2 Å². The molecular formula is C25H46N+. The average molecular weight is 361 g/mol. The van der Waals surface area contributed by atoms with Gasteiger partial charge in [-0.25, -0.2) is 0 Å². The molecule has 0 bridgehead atoms. The maximum absolute atomic E-state index is 2.46. The molecule has 1 aromatic rings. The molecule has 0 aliphatic carbocycles. The molecule has 0 heterocycles. The van der Waals surface area contributed by atoms with Crippen LogP contribution in [-0.2, 0) is 0 Å². The maximum atomic E-state index is 2.46. The van der Waals surface area contributed by atoms with Gasteiger partial charge >= 0.3 is 0 Å². The predicted molar refractivity (Wildman–Crippen MR) is 120 cm³/mol. The van der Waals surface area contributed by atoms with Gasteiger partial charge in [-0.3, -0.25) is 4.48 Å². The second-order valence-electron chi connectivity index (χ2n) is 8.42. The van der Waals surface area contributed by atoms with Crippen LogP contribution in [0.5, 0.6) is 0 Å². The van der Waals surface area contributed by atoms with Crippen molar-refractivity contribution in [2.24, 2.45) is 0 Å². The van der Waals surface area contributed by atoms with Crippen molar-refractivity contribution < 1.29 is 0 Å². The highest BCUT2D eigenvalue weighted by Crippen LogP contribution is 2.23. The van der Waals surface area contributed by atoms with E-state index >= 15 is 0 Å². The van der Waals surface area contributed by atoms with Crippen LogP contribution in [-0.4, -0.2) is 20.1 Å². The Bertz CT molecular complexity index is 393. The number of rotatable bonds is 17. The third-order valence-corrected chi connectivity index (χ3v) is 5.89. The van der Waals surface area contributed by atoms with Crippen molar-refractivity contribution in [1.29, 1.82) is 0 Å². The number of unbranched alkanes of at least 4 members (excludes halogenated alkanes) is 12. The zero-order chi connectivity index (χ0) is 18.9. The summed E-state index contributed by atoms with van der Waals surface area (Å²) >= 11 is 0. The molecule has 0 fully saturated rings. The normalized spacial score (nSPS) is 11.8. The minimum absolute atomic E-state index is 1.13. The molecule has 0 aliphatic heterocycles. The molecule has 0 radical (unpaired) electrons. The number of benzene rings is 1. The lowest BCUT2D eigenvalue weighted by molar-refractivity contribution is 0.310. The van der Waals surface area contributed by atoms with Crippen LogP contribution in [0, 0.1) is 0 Å². The lowest BCUT2D eigenvalue weighted by Crippen LogP contribution is -2.46. The van der Waals surface area contributed by atoms with Crippen molar-refractivity contribution in [2.75, 3.05) is 20.1 Å². The van der Waals surface area contributed by atoms with Gasteiger partial charge in [0.2, 0.25) is 0 Å².